The van der Waals surface area contributed by atoms with Gasteiger partial charge < -0.3 is 0 Å². The molecule has 2 unspecified atom stereocenters. The van der Waals surface area contributed by atoms with E-state index in [1.165, 1.54) is 125 Å². The Kier molecular flexibility index (Phi) is 14.1. The van der Waals surface area contributed by atoms with Gasteiger partial charge in [0.15, 0.2) is 0 Å². The van der Waals surface area contributed by atoms with Crippen molar-refractivity contribution in [3.8, 4) is 22.3 Å². The van der Waals surface area contributed by atoms with E-state index < -0.39 is 33.2 Å². The molecule has 2 aliphatic carbocycles. The van der Waals surface area contributed by atoms with Crippen molar-refractivity contribution in [2.75, 3.05) is 0 Å². The second-order valence-corrected chi connectivity index (χ2v) is 33.9. The molecule has 0 saturated heterocycles. The van der Waals surface area contributed by atoms with Crippen LogP contribution < -0.4 is 0 Å². The van der Waals surface area contributed by atoms with E-state index in [0.29, 0.717) is 8.45 Å². The van der Waals surface area contributed by atoms with E-state index in [0.717, 1.165) is 0 Å². The molecule has 0 saturated carbocycles. The van der Waals surface area contributed by atoms with Crippen LogP contribution in [0.15, 0.2) is 132 Å². The second-order valence-electron chi connectivity index (χ2n) is 19.0. The van der Waals surface area contributed by atoms with E-state index in [1.807, 2.05) is 0 Å². The van der Waals surface area contributed by atoms with Crippen molar-refractivity contribution >= 4 is 33.7 Å². The Morgan fingerprint density at radius 1 is 0.367 bits per heavy atom. The summed E-state index contributed by atoms with van der Waals surface area (Å²) in [7, 11) is 0. The molecule has 0 N–H and O–H groups in total. The zero-order valence-corrected chi connectivity index (χ0v) is 40.9. The van der Waals surface area contributed by atoms with Gasteiger partial charge in [0.05, 0.1) is 0 Å². The second kappa shape index (κ2) is 19.4. The predicted molar refractivity (Wildman–Crippen MR) is 260 cm³/mol. The number of rotatable bonds is 19. The monoisotopic (exact) mass is 862 g/mol. The van der Waals surface area contributed by atoms with Crippen LogP contribution in [0, 0.1) is 0 Å². The molecule has 8 rings (SSSR count). The van der Waals surface area contributed by atoms with Crippen molar-refractivity contribution in [2.24, 2.45) is 0 Å². The Hall–Kier alpha value is -3.25. The summed E-state index contributed by atoms with van der Waals surface area (Å²) in [5.74, 6) is 0. The molecule has 6 aromatic rings. The van der Waals surface area contributed by atoms with Crippen molar-refractivity contribution in [3.05, 3.63) is 155 Å². The van der Waals surface area contributed by atoms with Gasteiger partial charge in [-0.1, -0.05) is 0 Å². The molecule has 0 amide bonds. The topological polar surface area (TPSA) is 0 Å². The Balaban J connectivity index is 1.24. The van der Waals surface area contributed by atoms with E-state index in [9.17, 15) is 0 Å². The van der Waals surface area contributed by atoms with Crippen LogP contribution in [0.3, 0.4) is 0 Å². The van der Waals surface area contributed by atoms with Gasteiger partial charge in [-0.15, -0.1) is 0 Å². The summed E-state index contributed by atoms with van der Waals surface area (Å²) in [5, 5.41) is 5.43. The molecule has 310 valence electrons. The van der Waals surface area contributed by atoms with Gasteiger partial charge >= 0.3 is 374 Å². The van der Waals surface area contributed by atoms with E-state index >= 15 is 0 Å². The van der Waals surface area contributed by atoms with Crippen LogP contribution in [0.1, 0.15) is 124 Å². The van der Waals surface area contributed by atoms with Gasteiger partial charge in [-0.05, 0) is 0 Å². The molecule has 6 aromatic carbocycles. The molecule has 2 atom stereocenters. The zero-order valence-electron chi connectivity index (χ0n) is 37.8. The number of allylic oxidation sites excluding steroid dienone is 2. The number of fused-ring (bicyclic) bond motifs is 4. The molecule has 2 aliphatic rings. The summed E-state index contributed by atoms with van der Waals surface area (Å²) in [6, 6.07) is 46.7. The first-order valence-electron chi connectivity index (χ1n) is 24.0. The average molecular weight is 863 g/mol. The standard InChI is InChI=1S/2C20H15.4C4H9.C2H4.2Ti/c2*1-14-12-16-8-5-11-19(20(16)13-14)18-10-4-7-15-6-2-3-9-17(15)18;4*1-3-4-2;1-2;;/h2*2-13H,1H3;4*1,3-4H2,2H3;1-2H2;;. The maximum absolute atomic E-state index is 2.67. The summed E-state index contributed by atoms with van der Waals surface area (Å²) in [6.07, 6.45) is 16.2. The van der Waals surface area contributed by atoms with Crippen molar-refractivity contribution in [2.45, 2.75) is 130 Å². The summed E-state index contributed by atoms with van der Waals surface area (Å²) in [6.45, 7) is 14.9. The molecule has 0 spiro atoms. The Morgan fingerprint density at radius 2 is 0.700 bits per heavy atom. The predicted octanol–water partition coefficient (Wildman–Crippen LogP) is 19.0. The van der Waals surface area contributed by atoms with Gasteiger partial charge in [-0.25, -0.2) is 0 Å². The van der Waals surface area contributed by atoms with Gasteiger partial charge in [-0.3, -0.25) is 0 Å². The van der Waals surface area contributed by atoms with Crippen LogP contribution in [0.5, 0.6) is 0 Å². The van der Waals surface area contributed by atoms with Crippen LogP contribution >= 0.6 is 0 Å². The van der Waals surface area contributed by atoms with Gasteiger partial charge in [-0.2, -0.15) is 0 Å². The van der Waals surface area contributed by atoms with Crippen LogP contribution in [0.2, 0.25) is 28.4 Å². The maximum atomic E-state index is 2.67. The molecule has 0 fully saturated rings. The summed E-state index contributed by atoms with van der Waals surface area (Å²) >= 11 is -5.27. The fraction of sp³-hybridized carbons (Fsp3) is 0.379. The third-order valence-electron chi connectivity index (χ3n) is 15.2. The number of hydrogen-bond acceptors (Lipinski definition) is 0. The molecule has 0 heterocycles. The van der Waals surface area contributed by atoms with Crippen molar-refractivity contribution < 1.29 is 33.2 Å². The fourth-order valence-electron chi connectivity index (χ4n) is 12.3. The minimum atomic E-state index is -2.63. The van der Waals surface area contributed by atoms with E-state index in [-0.39, 0.29) is 0 Å². The van der Waals surface area contributed by atoms with Gasteiger partial charge in [0, 0.05) is 0 Å². The summed E-state index contributed by atoms with van der Waals surface area (Å²) in [5.41, 5.74) is 15.5. The third kappa shape index (κ3) is 8.34. The quantitative estimate of drug-likeness (QED) is 0.0712. The molecule has 0 bridgehead atoms. The SMILES string of the molecule is CCC[CH2][Ti]([CH2]CCC)([CH2][CH2][Ti]([CH2]CCC)([CH2]CCC)[CH]1C(C)=Cc2c(-c3cccc4ccccc34)cccc21)[CH]1C(C)=Cc2c(-c3cccc4ccccc34)cccc21. The molecule has 0 nitrogen and oxygen atoms in total. The van der Waals surface area contributed by atoms with Crippen molar-refractivity contribution in [1.29, 1.82) is 0 Å². The first-order valence-corrected chi connectivity index (χ1v) is 32.4. The molecule has 0 aliphatic heterocycles. The van der Waals surface area contributed by atoms with Crippen molar-refractivity contribution in [1.82, 2.24) is 0 Å². The molecule has 0 aromatic heterocycles. The van der Waals surface area contributed by atoms with Gasteiger partial charge in [0.1, 0.15) is 0 Å². The van der Waals surface area contributed by atoms with Crippen LogP contribution in [0.4, 0.5) is 0 Å². The fourth-order valence-corrected chi connectivity index (χ4v) is 38.1. The first kappa shape index (κ1) is 43.4. The third-order valence-corrected chi connectivity index (χ3v) is 34.9. The van der Waals surface area contributed by atoms with E-state index in [4.69, 9.17) is 0 Å². The van der Waals surface area contributed by atoms with Gasteiger partial charge in [0.25, 0.3) is 0 Å². The van der Waals surface area contributed by atoms with E-state index in [2.05, 4.69) is 175 Å². The molecule has 60 heavy (non-hydrogen) atoms. The Labute approximate surface area is 370 Å². The first-order chi connectivity index (χ1) is 29.4. The molecule has 2 heteroatoms. The number of hydrogen-bond donors (Lipinski definition) is 0. The summed E-state index contributed by atoms with van der Waals surface area (Å²) < 4.78 is 10.5. The molecule has 0 radical (unpaired) electrons. The Morgan fingerprint density at radius 3 is 1.08 bits per heavy atom. The number of benzene rings is 6. The van der Waals surface area contributed by atoms with Crippen molar-refractivity contribution in [3.63, 3.8) is 0 Å². The molecular weight excluding hydrogens is 792 g/mol. The normalized spacial score (nSPS) is 16.3. The molecular formula is C58H70Ti2. The van der Waals surface area contributed by atoms with Crippen LogP contribution in [0.25, 0.3) is 56.0 Å². The zero-order chi connectivity index (χ0) is 41.7. The minimum absolute atomic E-state index is 0.663. The van der Waals surface area contributed by atoms with E-state index in [1.54, 1.807) is 31.7 Å². The average Bonchev–Trinajstić information content (AvgIpc) is 3.82. The van der Waals surface area contributed by atoms with Crippen LogP contribution in [-0.2, 0) is 33.2 Å². The summed E-state index contributed by atoms with van der Waals surface area (Å²) in [4.78, 5) is 0. The number of unbranched alkanes of at least 4 members (excludes halogenated alkanes) is 4. The Bertz CT molecular complexity index is 2300. The van der Waals surface area contributed by atoms with Crippen LogP contribution in [-0.4, -0.2) is 0 Å². The van der Waals surface area contributed by atoms with Gasteiger partial charge in [0.2, 0.25) is 0 Å².